The van der Waals surface area contributed by atoms with Crippen molar-refractivity contribution in [2.24, 2.45) is 0 Å². The average molecular weight is 622 g/mol. The molecule has 0 radical (unpaired) electrons. The summed E-state index contributed by atoms with van der Waals surface area (Å²) in [5, 5.41) is 3.65. The van der Waals surface area contributed by atoms with Crippen LogP contribution in [0.4, 0.5) is 0 Å². The minimum Gasteiger partial charge on any atom is -0.423 e. The number of rotatable bonds is 9. The van der Waals surface area contributed by atoms with Gasteiger partial charge in [-0.3, -0.25) is 0 Å². The van der Waals surface area contributed by atoms with E-state index in [1.54, 1.807) is 30.3 Å². The highest BCUT2D eigenvalue weighted by Crippen LogP contribution is 2.58. The quantitative estimate of drug-likeness (QED) is 0.0927. The molecule has 0 saturated heterocycles. The summed E-state index contributed by atoms with van der Waals surface area (Å²) in [5.74, 6) is -0.351. The molecule has 6 aromatic carbocycles. The van der Waals surface area contributed by atoms with Crippen LogP contribution in [0.15, 0.2) is 158 Å². The van der Waals surface area contributed by atoms with E-state index in [9.17, 15) is 9.59 Å². The molecule has 0 spiro atoms. The number of aryl methyl sites for hydroxylation is 2. The van der Waals surface area contributed by atoms with E-state index in [0.29, 0.717) is 28.8 Å². The van der Waals surface area contributed by atoms with Crippen molar-refractivity contribution in [2.45, 2.75) is 20.0 Å². The molecular weight excluding hydrogens is 587 g/mol. The number of hydrogen-bond donors (Lipinski definition) is 0. The van der Waals surface area contributed by atoms with Gasteiger partial charge in [-0.1, -0.05) is 90.0 Å². The zero-order chi connectivity index (χ0) is 31.9. The van der Waals surface area contributed by atoms with Crippen molar-refractivity contribution in [1.29, 1.82) is 0 Å². The van der Waals surface area contributed by atoms with Crippen molar-refractivity contribution in [2.75, 3.05) is 0 Å². The summed E-state index contributed by atoms with van der Waals surface area (Å²) in [4.78, 5) is 26.5. The Hall–Kier alpha value is -5.31. The second-order valence-electron chi connectivity index (χ2n) is 11.3. The van der Waals surface area contributed by atoms with Crippen molar-refractivity contribution in [3.05, 3.63) is 186 Å². The molecule has 0 fully saturated rings. The molecule has 0 atom stereocenters. The first-order valence-electron chi connectivity index (χ1n) is 15.2. The van der Waals surface area contributed by atoms with Gasteiger partial charge in [-0.15, -0.1) is 0 Å². The molecule has 226 valence electrons. The van der Waals surface area contributed by atoms with Crippen molar-refractivity contribution < 1.29 is 19.1 Å². The van der Waals surface area contributed by atoms with Gasteiger partial charge in [0.25, 0.3) is 0 Å². The first kappa shape index (κ1) is 30.7. The Kier molecular flexibility index (Phi) is 9.19. The number of carbonyl (C=O) groups is 2. The van der Waals surface area contributed by atoms with Crippen LogP contribution in [0, 0.1) is 13.8 Å². The maximum Gasteiger partial charge on any atom is 0.343 e. The van der Waals surface area contributed by atoms with E-state index in [0.717, 1.165) is 16.7 Å². The van der Waals surface area contributed by atoms with Crippen LogP contribution in [-0.4, -0.2) is 11.9 Å². The molecule has 4 nitrogen and oxygen atoms in total. The van der Waals surface area contributed by atoms with E-state index in [4.69, 9.17) is 9.47 Å². The van der Waals surface area contributed by atoms with Crippen LogP contribution in [0.5, 0.6) is 11.5 Å². The van der Waals surface area contributed by atoms with Crippen LogP contribution < -0.4 is 25.4 Å². The average Bonchev–Trinajstić information content (AvgIpc) is 3.09. The van der Waals surface area contributed by atoms with Gasteiger partial charge >= 0.3 is 11.9 Å². The van der Waals surface area contributed by atoms with E-state index >= 15 is 0 Å². The third-order valence-electron chi connectivity index (χ3n) is 7.95. The minimum absolute atomic E-state index is 0.307. The largest absolute Gasteiger partial charge is 0.423 e. The van der Waals surface area contributed by atoms with E-state index in [-0.39, 0.29) is 0 Å². The maximum atomic E-state index is 13.3. The Bertz CT molecular complexity index is 1760. The van der Waals surface area contributed by atoms with Gasteiger partial charge in [-0.2, -0.15) is 0 Å². The van der Waals surface area contributed by atoms with E-state index in [2.05, 4.69) is 72.8 Å². The molecule has 0 N–H and O–H groups in total. The zero-order valence-corrected chi connectivity index (χ0v) is 26.7. The van der Waals surface area contributed by atoms with Crippen molar-refractivity contribution in [3.63, 3.8) is 0 Å². The number of benzene rings is 6. The van der Waals surface area contributed by atoms with Gasteiger partial charge in [0.1, 0.15) is 34.7 Å². The Morgan fingerprint density at radius 1 is 0.478 bits per heavy atom. The van der Waals surface area contributed by atoms with Gasteiger partial charge in [-0.05, 0) is 92.2 Å². The van der Waals surface area contributed by atoms with Crippen LogP contribution in [0.2, 0.25) is 0 Å². The maximum absolute atomic E-state index is 13.3. The lowest BCUT2D eigenvalue weighted by atomic mass is 10.1. The molecule has 46 heavy (non-hydrogen) atoms. The van der Waals surface area contributed by atoms with Crippen LogP contribution in [-0.2, 0) is 6.16 Å². The number of carbonyl (C=O) groups excluding carboxylic acids is 2. The summed E-state index contributed by atoms with van der Waals surface area (Å²) in [5.41, 5.74) is 3.85. The molecule has 0 aliphatic rings. The fourth-order valence-electron chi connectivity index (χ4n) is 5.59. The second-order valence-corrected chi connectivity index (χ2v) is 14.8. The molecule has 6 rings (SSSR count). The van der Waals surface area contributed by atoms with E-state index in [1.807, 2.05) is 68.4 Å². The Morgan fingerprint density at radius 3 is 1.17 bits per heavy atom. The Balaban J connectivity index is 1.47. The molecule has 0 bridgehead atoms. The van der Waals surface area contributed by atoms with Gasteiger partial charge < -0.3 is 9.47 Å². The van der Waals surface area contributed by atoms with Crippen molar-refractivity contribution in [1.82, 2.24) is 0 Å². The highest BCUT2D eigenvalue weighted by atomic mass is 31.2. The predicted molar refractivity (Wildman–Crippen MR) is 188 cm³/mol. The number of ether oxygens (including phenoxy) is 2. The van der Waals surface area contributed by atoms with E-state index < -0.39 is 19.2 Å². The molecule has 0 heterocycles. The monoisotopic (exact) mass is 621 g/mol. The summed E-state index contributed by atoms with van der Waals surface area (Å²) < 4.78 is 11.9. The zero-order valence-electron chi connectivity index (χ0n) is 25.8. The Morgan fingerprint density at radius 2 is 0.826 bits per heavy atom. The first-order chi connectivity index (χ1) is 22.4. The van der Waals surface area contributed by atoms with Gasteiger partial charge in [0.15, 0.2) is 0 Å². The SMILES string of the molecule is Cc1ccc(C(=O)Oc2cc(C[P+](c3ccccc3)(c3ccccc3)c3ccccc3)cc(OC(=O)c3ccc(C)cc3)c2)cc1. The molecule has 0 saturated carbocycles. The normalized spacial score (nSPS) is 11.1. The van der Waals surface area contributed by atoms with Crippen LogP contribution in [0.25, 0.3) is 0 Å². The van der Waals surface area contributed by atoms with Gasteiger partial charge in [0.05, 0.1) is 17.3 Å². The minimum atomic E-state index is -2.29. The van der Waals surface area contributed by atoms with Gasteiger partial charge in [-0.25, -0.2) is 9.59 Å². The highest BCUT2D eigenvalue weighted by Gasteiger charge is 2.45. The fourth-order valence-corrected chi connectivity index (χ4v) is 9.81. The molecular formula is C41H34O4P+. The van der Waals surface area contributed by atoms with Crippen LogP contribution in [0.3, 0.4) is 0 Å². The van der Waals surface area contributed by atoms with Gasteiger partial charge in [0, 0.05) is 6.07 Å². The molecule has 0 amide bonds. The lowest BCUT2D eigenvalue weighted by molar-refractivity contribution is 0.0732. The predicted octanol–water partition coefficient (Wildman–Crippen LogP) is 8.24. The third-order valence-corrected chi connectivity index (χ3v) is 12.3. The fraction of sp³-hybridized carbons (Fsp3) is 0.0732. The summed E-state index contributed by atoms with van der Waals surface area (Å²) in [6.07, 6.45) is 0.607. The standard InChI is InChI=1S/C41H34O4P/c1-30-18-22-33(23-19-30)40(42)44-35-26-32(27-36(28-35)45-41(43)34-24-20-31(2)21-25-34)29-46(37-12-6-3-7-13-37,38-14-8-4-9-15-38)39-16-10-5-11-17-39/h3-28H,29H2,1-2H3/q+1. The third kappa shape index (κ3) is 6.83. The smallest absolute Gasteiger partial charge is 0.343 e. The molecule has 0 aromatic heterocycles. The summed E-state index contributed by atoms with van der Waals surface area (Å²) in [6, 6.07) is 51.5. The summed E-state index contributed by atoms with van der Waals surface area (Å²) in [7, 11) is -2.29. The van der Waals surface area contributed by atoms with Crippen LogP contribution in [0.1, 0.15) is 37.4 Å². The van der Waals surface area contributed by atoms with E-state index in [1.165, 1.54) is 15.9 Å². The topological polar surface area (TPSA) is 52.6 Å². The number of esters is 2. The summed E-state index contributed by atoms with van der Waals surface area (Å²) in [6.45, 7) is 3.93. The lowest BCUT2D eigenvalue weighted by Gasteiger charge is -2.28. The number of hydrogen-bond acceptors (Lipinski definition) is 4. The lowest BCUT2D eigenvalue weighted by Crippen LogP contribution is -2.32. The molecule has 0 aliphatic carbocycles. The first-order valence-corrected chi connectivity index (χ1v) is 17.1. The molecule has 0 unspecified atom stereocenters. The Labute approximate surface area is 270 Å². The van der Waals surface area contributed by atoms with Gasteiger partial charge in [0.2, 0.25) is 0 Å². The summed E-state index contributed by atoms with van der Waals surface area (Å²) >= 11 is 0. The molecule has 5 heteroatoms. The van der Waals surface area contributed by atoms with Crippen LogP contribution >= 0.6 is 7.26 Å². The van der Waals surface area contributed by atoms with Crippen molar-refractivity contribution >= 4 is 35.1 Å². The highest BCUT2D eigenvalue weighted by molar-refractivity contribution is 7.95. The van der Waals surface area contributed by atoms with Crippen molar-refractivity contribution in [3.8, 4) is 11.5 Å². The molecule has 0 aliphatic heterocycles. The molecule has 6 aromatic rings. The second kappa shape index (κ2) is 13.8.